The predicted molar refractivity (Wildman–Crippen MR) is 117 cm³/mol. The summed E-state index contributed by atoms with van der Waals surface area (Å²) in [5, 5.41) is 20.8. The molecular formula is C23H22F2N6O2. The number of nitrogens with one attached hydrogen (secondary N) is 2. The number of hydrogen-bond acceptors (Lipinski definition) is 5. The molecule has 2 saturated carbocycles. The van der Waals surface area contributed by atoms with Gasteiger partial charge in [0.2, 0.25) is 5.91 Å². The molecule has 3 N–H and O–H groups in total. The molecule has 10 heteroatoms. The highest BCUT2D eigenvalue weighted by atomic mass is 19.1. The second-order valence-corrected chi connectivity index (χ2v) is 9.00. The van der Waals surface area contributed by atoms with Gasteiger partial charge in [-0.25, -0.2) is 13.8 Å². The van der Waals surface area contributed by atoms with Gasteiger partial charge in [0.1, 0.15) is 12.0 Å². The van der Waals surface area contributed by atoms with Crippen molar-refractivity contribution in [1.29, 1.82) is 0 Å². The molecule has 170 valence electrons. The molecule has 6 rings (SSSR count). The average Bonchev–Trinajstić information content (AvgIpc) is 3.16. The van der Waals surface area contributed by atoms with Gasteiger partial charge in [-0.05, 0) is 31.7 Å². The van der Waals surface area contributed by atoms with E-state index in [0.717, 1.165) is 18.2 Å². The second-order valence-electron chi connectivity index (χ2n) is 9.00. The quantitative estimate of drug-likeness (QED) is 0.438. The third-order valence-electron chi connectivity index (χ3n) is 6.87. The molecule has 3 aromatic heterocycles. The van der Waals surface area contributed by atoms with Gasteiger partial charge in [-0.15, -0.1) is 0 Å². The summed E-state index contributed by atoms with van der Waals surface area (Å²) < 4.78 is 30.5. The van der Waals surface area contributed by atoms with Crippen molar-refractivity contribution >= 4 is 28.3 Å². The smallest absolute Gasteiger partial charge is 0.231 e. The lowest BCUT2D eigenvalue weighted by Gasteiger charge is -2.20. The van der Waals surface area contributed by atoms with Gasteiger partial charge in [0.15, 0.2) is 11.5 Å². The van der Waals surface area contributed by atoms with Crippen LogP contribution < -0.4 is 5.32 Å². The summed E-state index contributed by atoms with van der Waals surface area (Å²) in [7, 11) is 0. The molecule has 0 spiro atoms. The molecule has 1 aromatic carbocycles. The lowest BCUT2D eigenvalue weighted by molar-refractivity contribution is -0.117. The van der Waals surface area contributed by atoms with Crippen LogP contribution in [-0.4, -0.2) is 47.9 Å². The number of aromatic amines is 1. The van der Waals surface area contributed by atoms with Gasteiger partial charge < -0.3 is 14.8 Å². The maximum atomic E-state index is 15.7. The summed E-state index contributed by atoms with van der Waals surface area (Å²) in [6, 6.07) is 0. The molecule has 2 aliphatic carbocycles. The number of benzene rings is 1. The number of anilines is 1. The number of halogens is 2. The van der Waals surface area contributed by atoms with Crippen LogP contribution in [-0.2, 0) is 4.79 Å². The highest BCUT2D eigenvalue weighted by molar-refractivity contribution is 5.98. The van der Waals surface area contributed by atoms with Crippen LogP contribution in [0.5, 0.6) is 0 Å². The summed E-state index contributed by atoms with van der Waals surface area (Å²) in [4.78, 5) is 20.8. The first-order valence-corrected chi connectivity index (χ1v) is 11.1. The standard InChI is InChI=1S/C23H22F2N6O2/c1-10-19(13-6-27-30-22(13)20(21(10)25)11-3-2-4-16(11)32)15-8-31-9-17(28-18(31)7-26-15)29-23(33)12-5-14(12)24/h6-9,11-12,14,16,32H,2-5H2,1H3,(H,27,30)(H,29,33)/t11?,12-,14+,16?/m1/s1. The number of H-pyrrole nitrogens is 1. The van der Waals surface area contributed by atoms with Gasteiger partial charge in [-0.2, -0.15) is 5.10 Å². The molecule has 4 atom stereocenters. The lowest BCUT2D eigenvalue weighted by atomic mass is 9.88. The minimum absolute atomic E-state index is 0.240. The number of aliphatic hydroxyl groups is 1. The molecule has 3 heterocycles. The molecule has 0 bridgehead atoms. The Morgan fingerprint density at radius 3 is 2.85 bits per heavy atom. The minimum Gasteiger partial charge on any atom is -0.392 e. The molecule has 2 aliphatic rings. The van der Waals surface area contributed by atoms with Crippen LogP contribution in [0.25, 0.3) is 27.8 Å². The van der Waals surface area contributed by atoms with E-state index in [9.17, 15) is 14.3 Å². The summed E-state index contributed by atoms with van der Waals surface area (Å²) in [5.74, 6) is -1.33. The SMILES string of the molecule is Cc1c(F)c(C2CCCC2O)c2[nH]ncc2c1-c1cn2cc(NC(=O)[C@@H]3C[C@@H]3F)nc2cn1. The Bertz CT molecular complexity index is 1410. The van der Waals surface area contributed by atoms with Crippen molar-refractivity contribution in [1.82, 2.24) is 24.6 Å². The fraction of sp³-hybridized carbons (Fsp3) is 0.391. The van der Waals surface area contributed by atoms with Crippen molar-refractivity contribution < 1.29 is 18.7 Å². The van der Waals surface area contributed by atoms with Crippen LogP contribution in [0.2, 0.25) is 0 Å². The van der Waals surface area contributed by atoms with E-state index >= 15 is 4.39 Å². The maximum Gasteiger partial charge on any atom is 0.231 e. The molecule has 0 saturated heterocycles. The summed E-state index contributed by atoms with van der Waals surface area (Å²) in [5.41, 5.74) is 3.10. The molecule has 2 unspecified atom stereocenters. The van der Waals surface area contributed by atoms with Crippen molar-refractivity contribution in [2.45, 2.75) is 50.8 Å². The van der Waals surface area contributed by atoms with Gasteiger partial charge >= 0.3 is 0 Å². The number of carbonyl (C=O) groups is 1. The Morgan fingerprint density at radius 2 is 2.12 bits per heavy atom. The molecular weight excluding hydrogens is 430 g/mol. The van der Waals surface area contributed by atoms with E-state index in [0.29, 0.717) is 45.8 Å². The molecule has 1 amide bonds. The molecule has 8 nitrogen and oxygen atoms in total. The largest absolute Gasteiger partial charge is 0.392 e. The van der Waals surface area contributed by atoms with Crippen LogP contribution >= 0.6 is 0 Å². The Hall–Kier alpha value is -3.40. The van der Waals surface area contributed by atoms with Crippen molar-refractivity contribution in [3.63, 3.8) is 0 Å². The molecule has 33 heavy (non-hydrogen) atoms. The zero-order chi connectivity index (χ0) is 22.9. The Labute approximate surface area is 187 Å². The number of aromatic nitrogens is 5. The van der Waals surface area contributed by atoms with Crippen LogP contribution in [0.1, 0.15) is 42.7 Å². The van der Waals surface area contributed by atoms with E-state index in [-0.39, 0.29) is 24.1 Å². The van der Waals surface area contributed by atoms with Crippen molar-refractivity contribution in [2.75, 3.05) is 5.32 Å². The number of aliphatic hydroxyl groups excluding tert-OH is 1. The highest BCUT2D eigenvalue weighted by Gasteiger charge is 2.43. The second kappa shape index (κ2) is 7.31. The monoisotopic (exact) mass is 452 g/mol. The van der Waals surface area contributed by atoms with Gasteiger partial charge in [-0.3, -0.25) is 14.9 Å². The first-order valence-electron chi connectivity index (χ1n) is 11.1. The highest BCUT2D eigenvalue weighted by Crippen LogP contribution is 2.43. The summed E-state index contributed by atoms with van der Waals surface area (Å²) in [6.07, 6.45) is 7.34. The summed E-state index contributed by atoms with van der Waals surface area (Å²) in [6.45, 7) is 1.70. The van der Waals surface area contributed by atoms with E-state index < -0.39 is 18.2 Å². The number of alkyl halides is 1. The number of amides is 1. The van der Waals surface area contributed by atoms with E-state index in [2.05, 4.69) is 25.5 Å². The first-order chi connectivity index (χ1) is 15.9. The first kappa shape index (κ1) is 20.2. The number of carbonyl (C=O) groups excluding carboxylic acids is 1. The summed E-state index contributed by atoms with van der Waals surface area (Å²) >= 11 is 0. The Balaban J connectivity index is 1.43. The van der Waals surface area contributed by atoms with Crippen LogP contribution in [0.15, 0.2) is 24.8 Å². The van der Waals surface area contributed by atoms with E-state index in [1.165, 1.54) is 6.20 Å². The lowest BCUT2D eigenvalue weighted by Crippen LogP contribution is -2.15. The molecule has 4 aromatic rings. The molecule has 0 radical (unpaired) electrons. The minimum atomic E-state index is -1.08. The molecule has 0 aliphatic heterocycles. The van der Waals surface area contributed by atoms with Crippen LogP contribution in [0, 0.1) is 18.7 Å². The topological polar surface area (TPSA) is 108 Å². The van der Waals surface area contributed by atoms with E-state index in [1.54, 1.807) is 29.9 Å². The Kier molecular flexibility index (Phi) is 4.48. The maximum absolute atomic E-state index is 15.7. The fourth-order valence-corrected chi connectivity index (χ4v) is 5.00. The number of fused-ring (bicyclic) bond motifs is 2. The third kappa shape index (κ3) is 3.19. The zero-order valence-electron chi connectivity index (χ0n) is 17.8. The van der Waals surface area contributed by atoms with Crippen molar-refractivity contribution in [2.24, 2.45) is 5.92 Å². The number of hydrogen-bond donors (Lipinski definition) is 3. The Morgan fingerprint density at radius 1 is 1.30 bits per heavy atom. The van der Waals surface area contributed by atoms with E-state index in [4.69, 9.17) is 0 Å². The predicted octanol–water partition coefficient (Wildman–Crippen LogP) is 3.65. The normalized spacial score (nSPS) is 24.6. The molecule has 2 fully saturated rings. The van der Waals surface area contributed by atoms with Crippen LogP contribution in [0.4, 0.5) is 14.6 Å². The van der Waals surface area contributed by atoms with Crippen LogP contribution in [0.3, 0.4) is 0 Å². The van der Waals surface area contributed by atoms with Gasteiger partial charge in [-0.1, -0.05) is 6.42 Å². The van der Waals surface area contributed by atoms with Gasteiger partial charge in [0, 0.05) is 28.6 Å². The third-order valence-corrected chi connectivity index (χ3v) is 6.87. The van der Waals surface area contributed by atoms with Crippen molar-refractivity contribution in [3.05, 3.63) is 41.7 Å². The average molecular weight is 452 g/mol. The number of nitrogens with zero attached hydrogens (tertiary/aromatic N) is 4. The zero-order valence-corrected chi connectivity index (χ0v) is 17.8. The van der Waals surface area contributed by atoms with E-state index in [1.807, 2.05) is 0 Å². The number of imidazole rings is 1. The van der Waals surface area contributed by atoms with Gasteiger partial charge in [0.25, 0.3) is 0 Å². The number of rotatable bonds is 4. The van der Waals surface area contributed by atoms with Crippen molar-refractivity contribution in [3.8, 4) is 11.3 Å². The fourth-order valence-electron chi connectivity index (χ4n) is 5.00. The van der Waals surface area contributed by atoms with Gasteiger partial charge in [0.05, 0.1) is 41.8 Å².